The predicted molar refractivity (Wildman–Crippen MR) is 66.4 cm³/mol. The second kappa shape index (κ2) is 4.96. The van der Waals surface area contributed by atoms with Crippen molar-refractivity contribution in [2.75, 3.05) is 5.32 Å². The number of rotatable bonds is 3. The molecular formula is C13H8FN3O3. The molecule has 1 N–H and O–H groups in total. The lowest BCUT2D eigenvalue weighted by molar-refractivity contribution is 0.0994. The zero-order valence-corrected chi connectivity index (χ0v) is 10.0. The van der Waals surface area contributed by atoms with Crippen molar-refractivity contribution in [2.45, 2.75) is 0 Å². The van der Waals surface area contributed by atoms with Gasteiger partial charge in [-0.3, -0.25) is 10.1 Å². The molecule has 1 aromatic carbocycles. The number of benzene rings is 1. The molecule has 0 bridgehead atoms. The summed E-state index contributed by atoms with van der Waals surface area (Å²) in [6, 6.07) is 8.70. The Bertz CT molecular complexity index is 737. The average Bonchev–Trinajstić information content (AvgIpc) is 3.10. The van der Waals surface area contributed by atoms with E-state index in [1.807, 2.05) is 0 Å². The fourth-order valence-electron chi connectivity index (χ4n) is 1.58. The molecule has 3 aromatic rings. The third kappa shape index (κ3) is 2.41. The van der Waals surface area contributed by atoms with Gasteiger partial charge in [-0.1, -0.05) is 11.2 Å². The van der Waals surface area contributed by atoms with Crippen molar-refractivity contribution in [3.8, 4) is 11.5 Å². The number of halogens is 1. The smallest absolute Gasteiger partial charge is 0.322 e. The highest BCUT2D eigenvalue weighted by molar-refractivity contribution is 6.00. The Hall–Kier alpha value is -2.96. The van der Waals surface area contributed by atoms with Gasteiger partial charge in [-0.25, -0.2) is 4.39 Å². The number of anilines is 1. The second-order valence-corrected chi connectivity index (χ2v) is 3.85. The molecule has 2 heterocycles. The van der Waals surface area contributed by atoms with E-state index in [9.17, 15) is 9.18 Å². The molecule has 3 rings (SSSR count). The first-order chi connectivity index (χ1) is 9.72. The highest BCUT2D eigenvalue weighted by atomic mass is 19.1. The quantitative estimate of drug-likeness (QED) is 0.793. The van der Waals surface area contributed by atoms with Crippen LogP contribution in [-0.2, 0) is 0 Å². The normalized spacial score (nSPS) is 10.4. The first-order valence-corrected chi connectivity index (χ1v) is 5.67. The number of aromatic nitrogens is 2. The molecule has 0 saturated carbocycles. The van der Waals surface area contributed by atoms with Gasteiger partial charge in [-0.2, -0.15) is 0 Å². The fraction of sp³-hybridized carbons (Fsp3) is 0. The maximum atomic E-state index is 13.1. The van der Waals surface area contributed by atoms with Gasteiger partial charge in [-0.05, 0) is 30.3 Å². The Kier molecular flexibility index (Phi) is 3.00. The van der Waals surface area contributed by atoms with E-state index in [4.69, 9.17) is 8.83 Å². The molecular weight excluding hydrogens is 265 g/mol. The van der Waals surface area contributed by atoms with Crippen LogP contribution in [0.15, 0.2) is 51.5 Å². The number of carbonyl (C=O) groups excluding carboxylic acids is 1. The second-order valence-electron chi connectivity index (χ2n) is 3.85. The molecule has 0 unspecified atom stereocenters. The van der Waals surface area contributed by atoms with Crippen LogP contribution < -0.4 is 5.32 Å². The van der Waals surface area contributed by atoms with Crippen molar-refractivity contribution >= 4 is 11.9 Å². The van der Waals surface area contributed by atoms with Crippen molar-refractivity contribution in [1.82, 2.24) is 10.2 Å². The van der Waals surface area contributed by atoms with Crippen molar-refractivity contribution in [2.24, 2.45) is 0 Å². The SMILES string of the molecule is O=C(Nc1nnc(-c2cccc(F)c2)o1)c1ccco1. The maximum absolute atomic E-state index is 13.1. The van der Waals surface area contributed by atoms with Gasteiger partial charge in [0.1, 0.15) is 5.82 Å². The van der Waals surface area contributed by atoms with E-state index < -0.39 is 11.7 Å². The molecule has 100 valence electrons. The molecule has 0 spiro atoms. The van der Waals surface area contributed by atoms with Gasteiger partial charge in [0.05, 0.1) is 6.26 Å². The summed E-state index contributed by atoms with van der Waals surface area (Å²) in [4.78, 5) is 11.7. The van der Waals surface area contributed by atoms with E-state index in [1.54, 1.807) is 12.1 Å². The number of nitrogens with zero attached hydrogens (tertiary/aromatic N) is 2. The molecule has 7 heteroatoms. The number of hydrogen-bond acceptors (Lipinski definition) is 5. The lowest BCUT2D eigenvalue weighted by Gasteiger charge is -1.96. The summed E-state index contributed by atoms with van der Waals surface area (Å²) in [5, 5.41) is 9.78. The lowest BCUT2D eigenvalue weighted by Crippen LogP contribution is -2.10. The molecule has 0 atom stereocenters. The number of carbonyl (C=O) groups is 1. The van der Waals surface area contributed by atoms with E-state index in [1.165, 1.54) is 30.5 Å². The summed E-state index contributed by atoms with van der Waals surface area (Å²) in [7, 11) is 0. The topological polar surface area (TPSA) is 81.2 Å². The van der Waals surface area contributed by atoms with Gasteiger partial charge >= 0.3 is 6.01 Å². The molecule has 0 aliphatic heterocycles. The predicted octanol–water partition coefficient (Wildman–Crippen LogP) is 2.72. The fourth-order valence-corrected chi connectivity index (χ4v) is 1.58. The summed E-state index contributed by atoms with van der Waals surface area (Å²) in [6.07, 6.45) is 1.38. The standard InChI is InChI=1S/C13H8FN3O3/c14-9-4-1-3-8(7-9)12-16-17-13(20-12)15-11(18)10-5-2-6-19-10/h1-7H,(H,15,17,18). The zero-order valence-electron chi connectivity index (χ0n) is 10.0. The summed E-state index contributed by atoms with van der Waals surface area (Å²) in [5.74, 6) is -0.693. The molecule has 2 aromatic heterocycles. The van der Waals surface area contributed by atoms with E-state index >= 15 is 0 Å². The van der Waals surface area contributed by atoms with Gasteiger partial charge in [0.15, 0.2) is 5.76 Å². The summed E-state index contributed by atoms with van der Waals surface area (Å²) in [6.45, 7) is 0. The van der Waals surface area contributed by atoms with Crippen LogP contribution in [0.5, 0.6) is 0 Å². The lowest BCUT2D eigenvalue weighted by atomic mass is 10.2. The minimum absolute atomic E-state index is 0.0920. The highest BCUT2D eigenvalue weighted by Gasteiger charge is 2.14. The van der Waals surface area contributed by atoms with Gasteiger partial charge in [0, 0.05) is 5.56 Å². The Morgan fingerprint density at radius 3 is 2.85 bits per heavy atom. The Morgan fingerprint density at radius 1 is 1.20 bits per heavy atom. The van der Waals surface area contributed by atoms with Gasteiger partial charge < -0.3 is 8.83 Å². The van der Waals surface area contributed by atoms with Crippen LogP contribution in [0.1, 0.15) is 10.6 Å². The van der Waals surface area contributed by atoms with Crippen molar-refractivity contribution < 1.29 is 18.0 Å². The van der Waals surface area contributed by atoms with E-state index in [2.05, 4.69) is 15.5 Å². The van der Waals surface area contributed by atoms with E-state index in [0.717, 1.165) is 0 Å². The van der Waals surface area contributed by atoms with Crippen molar-refractivity contribution in [3.63, 3.8) is 0 Å². The molecule has 0 aliphatic rings. The number of nitrogens with one attached hydrogen (secondary N) is 1. The van der Waals surface area contributed by atoms with Crippen LogP contribution in [0, 0.1) is 5.82 Å². The minimum Gasteiger partial charge on any atom is -0.459 e. The summed E-state index contributed by atoms with van der Waals surface area (Å²) < 4.78 is 23.2. The maximum Gasteiger partial charge on any atom is 0.322 e. The molecule has 6 nitrogen and oxygen atoms in total. The zero-order chi connectivity index (χ0) is 13.9. The van der Waals surface area contributed by atoms with Crippen molar-refractivity contribution in [3.05, 3.63) is 54.2 Å². The van der Waals surface area contributed by atoms with Gasteiger partial charge in [0.2, 0.25) is 5.89 Å². The Labute approximate surface area is 112 Å². The Morgan fingerprint density at radius 2 is 2.10 bits per heavy atom. The molecule has 1 amide bonds. The summed E-state index contributed by atoms with van der Waals surface area (Å²) >= 11 is 0. The number of amides is 1. The minimum atomic E-state index is -0.510. The van der Waals surface area contributed by atoms with Gasteiger partial charge in [0.25, 0.3) is 5.91 Å². The Balaban J connectivity index is 1.79. The van der Waals surface area contributed by atoms with Crippen LogP contribution in [0.25, 0.3) is 11.5 Å². The van der Waals surface area contributed by atoms with Crippen LogP contribution in [0.3, 0.4) is 0 Å². The largest absolute Gasteiger partial charge is 0.459 e. The van der Waals surface area contributed by atoms with Crippen LogP contribution in [0.2, 0.25) is 0 Å². The molecule has 0 fully saturated rings. The first-order valence-electron chi connectivity index (χ1n) is 5.67. The third-order valence-corrected chi connectivity index (χ3v) is 2.46. The van der Waals surface area contributed by atoms with Crippen LogP contribution in [-0.4, -0.2) is 16.1 Å². The van der Waals surface area contributed by atoms with Crippen LogP contribution in [0.4, 0.5) is 10.4 Å². The van der Waals surface area contributed by atoms with Gasteiger partial charge in [-0.15, -0.1) is 5.10 Å². The molecule has 0 saturated heterocycles. The number of furan rings is 1. The first kappa shape index (κ1) is 12.1. The molecule has 0 radical (unpaired) electrons. The van der Waals surface area contributed by atoms with E-state index in [0.29, 0.717) is 5.56 Å². The molecule has 0 aliphatic carbocycles. The molecule has 20 heavy (non-hydrogen) atoms. The number of hydrogen-bond donors (Lipinski definition) is 1. The van der Waals surface area contributed by atoms with Crippen molar-refractivity contribution in [1.29, 1.82) is 0 Å². The van der Waals surface area contributed by atoms with E-state index in [-0.39, 0.29) is 17.7 Å². The monoisotopic (exact) mass is 273 g/mol. The third-order valence-electron chi connectivity index (χ3n) is 2.46. The average molecular weight is 273 g/mol. The summed E-state index contributed by atoms with van der Waals surface area (Å²) in [5.41, 5.74) is 0.427. The van der Waals surface area contributed by atoms with Crippen LogP contribution >= 0.6 is 0 Å². The highest BCUT2D eigenvalue weighted by Crippen LogP contribution is 2.20.